The molecule has 0 amide bonds. The van der Waals surface area contributed by atoms with Gasteiger partial charge in [-0.05, 0) is 6.92 Å². The van der Waals surface area contributed by atoms with Gasteiger partial charge in [0.15, 0.2) is 0 Å². The second kappa shape index (κ2) is 2.52. The van der Waals surface area contributed by atoms with Crippen LogP contribution in [0.2, 0.25) is 0 Å². The molecular formula is C5H7O5P. The van der Waals surface area contributed by atoms with E-state index in [4.69, 9.17) is 0 Å². The Morgan fingerprint density at radius 3 is 2.64 bits per heavy atom. The first-order chi connectivity index (χ1) is 4.96. The molecule has 1 aliphatic heterocycles. The molecule has 11 heavy (non-hydrogen) atoms. The van der Waals surface area contributed by atoms with E-state index in [2.05, 4.69) is 4.74 Å². The molecule has 0 aromatic rings. The van der Waals surface area contributed by atoms with Crippen molar-refractivity contribution >= 4 is 14.0 Å². The van der Waals surface area contributed by atoms with Crippen LogP contribution in [0.4, 0.5) is 0 Å². The molecule has 2 unspecified atom stereocenters. The van der Waals surface area contributed by atoms with Crippen molar-refractivity contribution in [2.45, 2.75) is 18.2 Å². The Balaban J connectivity index is 2.87. The fourth-order valence-electron chi connectivity index (χ4n) is 0.865. The maximum atomic E-state index is 10.7. The van der Waals surface area contributed by atoms with E-state index in [1.807, 2.05) is 0 Å². The van der Waals surface area contributed by atoms with Gasteiger partial charge < -0.3 is 14.7 Å². The molecule has 0 bridgehead atoms. The number of carbonyl (C=O) groups excluding carboxylic acids is 1. The van der Waals surface area contributed by atoms with Crippen molar-refractivity contribution in [3.8, 4) is 0 Å². The smallest absolute Gasteiger partial charge is 0.342 e. The maximum absolute atomic E-state index is 10.7. The number of ether oxygens (including phenoxy) is 1. The Morgan fingerprint density at radius 2 is 2.45 bits per heavy atom. The van der Waals surface area contributed by atoms with Crippen molar-refractivity contribution in [2.75, 3.05) is 6.61 Å². The maximum Gasteiger partial charge on any atom is 0.342 e. The third-order valence-corrected chi connectivity index (χ3v) is 2.85. The molecule has 1 heterocycles. The third kappa shape index (κ3) is 1.27. The molecule has 1 fully saturated rings. The topological polar surface area (TPSA) is 86.7 Å². The summed E-state index contributed by atoms with van der Waals surface area (Å²) < 4.78 is 14.8. The Hall–Kier alpha value is -0.510. The molecule has 6 heteroatoms. The van der Waals surface area contributed by atoms with E-state index in [0.29, 0.717) is 0 Å². The number of aliphatic hydroxyl groups is 1. The van der Waals surface area contributed by atoms with Crippen LogP contribution < -0.4 is 4.89 Å². The van der Waals surface area contributed by atoms with E-state index in [-0.39, 0.29) is 6.61 Å². The quantitative estimate of drug-likeness (QED) is 0.401. The summed E-state index contributed by atoms with van der Waals surface area (Å²) in [6.45, 7) is 0.892. The van der Waals surface area contributed by atoms with Crippen molar-refractivity contribution < 1.29 is 24.1 Å². The van der Waals surface area contributed by atoms with E-state index < -0.39 is 25.3 Å². The van der Waals surface area contributed by atoms with Crippen molar-refractivity contribution in [3.05, 3.63) is 0 Å². The molecule has 1 aliphatic rings. The summed E-state index contributed by atoms with van der Waals surface area (Å²) in [5, 5.41) is 9.23. The van der Waals surface area contributed by atoms with E-state index in [0.717, 1.165) is 6.92 Å². The lowest BCUT2D eigenvalue weighted by molar-refractivity contribution is -0.170. The zero-order valence-corrected chi connectivity index (χ0v) is 6.71. The summed E-state index contributed by atoms with van der Waals surface area (Å²) in [5.41, 5.74) is -2.97. The van der Waals surface area contributed by atoms with Crippen LogP contribution in [0.1, 0.15) is 6.92 Å². The fourth-order valence-corrected chi connectivity index (χ4v) is 1.58. The molecule has 0 aromatic carbocycles. The second-order valence-corrected chi connectivity index (χ2v) is 3.74. The van der Waals surface area contributed by atoms with Crippen LogP contribution in [0.5, 0.6) is 0 Å². The Kier molecular flexibility index (Phi) is 1.96. The number of esters is 1. The molecule has 5 nitrogen and oxygen atoms in total. The molecule has 1 N–H and O–H groups in total. The van der Waals surface area contributed by atoms with Crippen LogP contribution in [-0.4, -0.2) is 28.9 Å². The van der Waals surface area contributed by atoms with Gasteiger partial charge >= 0.3 is 14.0 Å². The monoisotopic (exact) mass is 178 g/mol. The minimum Gasteiger partial charge on any atom is -0.595 e. The van der Waals surface area contributed by atoms with Gasteiger partial charge in [-0.2, -0.15) is 0 Å². The van der Waals surface area contributed by atoms with Gasteiger partial charge in [0, 0.05) is 0 Å². The Bertz CT molecular complexity index is 211. The van der Waals surface area contributed by atoms with E-state index >= 15 is 0 Å². The first kappa shape index (κ1) is 8.59. The molecule has 1 rings (SSSR count). The number of carbonyl (C=O) groups is 1. The van der Waals surface area contributed by atoms with Crippen LogP contribution in [0, 0.1) is 0 Å². The van der Waals surface area contributed by atoms with Gasteiger partial charge in [-0.15, -0.1) is 0 Å². The second-order valence-electron chi connectivity index (χ2n) is 2.55. The number of cyclic esters (lactones) is 1. The largest absolute Gasteiger partial charge is 0.595 e. The number of hydrogen-bond donors (Lipinski definition) is 1. The highest BCUT2D eigenvalue weighted by atomic mass is 31.1. The van der Waals surface area contributed by atoms with Gasteiger partial charge in [-0.1, -0.05) is 4.57 Å². The van der Waals surface area contributed by atoms with Gasteiger partial charge in [0.2, 0.25) is 11.3 Å². The Labute approximate surface area is 63.8 Å². The molecule has 1 saturated heterocycles. The summed E-state index contributed by atoms with van der Waals surface area (Å²) in [7, 11) is -2.81. The van der Waals surface area contributed by atoms with Crippen LogP contribution in [-0.2, 0) is 14.1 Å². The van der Waals surface area contributed by atoms with Crippen molar-refractivity contribution in [3.63, 3.8) is 0 Å². The highest BCUT2D eigenvalue weighted by molar-refractivity contribution is 7.37. The van der Waals surface area contributed by atoms with Crippen LogP contribution in [0.3, 0.4) is 0 Å². The van der Waals surface area contributed by atoms with Crippen LogP contribution >= 0.6 is 8.03 Å². The van der Waals surface area contributed by atoms with Crippen molar-refractivity contribution in [2.24, 2.45) is 0 Å². The zero-order valence-electron chi connectivity index (χ0n) is 5.81. The van der Waals surface area contributed by atoms with Gasteiger partial charge in [0.25, 0.3) is 0 Å². The van der Waals surface area contributed by atoms with E-state index in [1.54, 1.807) is 0 Å². The number of rotatable bonds is 1. The minimum absolute atomic E-state index is 0.245. The molecule has 0 saturated carbocycles. The molecular weight excluding hydrogens is 171 g/mol. The van der Waals surface area contributed by atoms with Gasteiger partial charge in [-0.3, -0.25) is 0 Å². The van der Waals surface area contributed by atoms with Crippen molar-refractivity contribution in [1.82, 2.24) is 0 Å². The van der Waals surface area contributed by atoms with Crippen LogP contribution in [0.15, 0.2) is 0 Å². The molecule has 3 atom stereocenters. The summed E-state index contributed by atoms with van der Waals surface area (Å²) >= 11 is 0. The molecule has 0 radical (unpaired) electrons. The molecule has 0 aliphatic carbocycles. The molecule has 0 aromatic heterocycles. The van der Waals surface area contributed by atoms with Gasteiger partial charge in [0.05, 0.1) is 0 Å². The fraction of sp³-hybridized carbons (Fsp3) is 0.800. The minimum atomic E-state index is -2.81. The highest BCUT2D eigenvalue weighted by Gasteiger charge is 2.54. The summed E-state index contributed by atoms with van der Waals surface area (Å²) in [4.78, 5) is 21.1. The summed E-state index contributed by atoms with van der Waals surface area (Å²) in [5.74, 6) is -0.873. The third-order valence-electron chi connectivity index (χ3n) is 1.69. The lowest BCUT2D eigenvalue weighted by atomic mass is 10.1. The Morgan fingerprint density at radius 1 is 1.91 bits per heavy atom. The van der Waals surface area contributed by atoms with E-state index in [9.17, 15) is 19.4 Å². The SMILES string of the molecule is CC1(O)C(=O)OC[C@H]1[P+](=O)[O-]. The normalized spacial score (nSPS) is 38.6. The highest BCUT2D eigenvalue weighted by Crippen LogP contribution is 2.34. The summed E-state index contributed by atoms with van der Waals surface area (Å²) in [6.07, 6.45) is 0. The first-order valence-electron chi connectivity index (χ1n) is 2.99. The lowest BCUT2D eigenvalue weighted by Crippen LogP contribution is -2.40. The standard InChI is InChI=1S/C5H7O5P/c1-5(7)3(11(8)9)2-10-4(5)6/h3,7H,2H2,1H3/t3-,5?/m1/s1. The van der Waals surface area contributed by atoms with E-state index in [1.165, 1.54) is 0 Å². The predicted octanol–water partition coefficient (Wildman–Crippen LogP) is -1.23. The van der Waals surface area contributed by atoms with Crippen LogP contribution in [0.25, 0.3) is 0 Å². The zero-order chi connectivity index (χ0) is 8.65. The number of hydrogen-bond acceptors (Lipinski definition) is 5. The average molecular weight is 178 g/mol. The average Bonchev–Trinajstić information content (AvgIpc) is 2.08. The molecule has 62 valence electrons. The van der Waals surface area contributed by atoms with Gasteiger partial charge in [-0.25, -0.2) is 4.79 Å². The van der Waals surface area contributed by atoms with Crippen molar-refractivity contribution in [1.29, 1.82) is 0 Å². The lowest BCUT2D eigenvalue weighted by Gasteiger charge is -2.12. The predicted molar refractivity (Wildman–Crippen MR) is 33.0 cm³/mol. The molecule has 0 spiro atoms. The summed E-state index contributed by atoms with van der Waals surface area (Å²) in [6, 6.07) is 0. The first-order valence-corrected chi connectivity index (χ1v) is 4.24. The van der Waals surface area contributed by atoms with Gasteiger partial charge in [0.1, 0.15) is 6.61 Å².